The molecule has 0 aliphatic heterocycles. The second kappa shape index (κ2) is 4.44. The van der Waals surface area contributed by atoms with Crippen molar-refractivity contribution >= 4 is 32.3 Å². The van der Waals surface area contributed by atoms with Crippen LogP contribution in [-0.4, -0.2) is 13.2 Å². The highest BCUT2D eigenvalue weighted by Gasteiger charge is 2.24. The van der Waals surface area contributed by atoms with Gasteiger partial charge in [0, 0.05) is 32.3 Å². The van der Waals surface area contributed by atoms with Crippen LogP contribution in [0.1, 0.15) is 13.8 Å². The van der Waals surface area contributed by atoms with Gasteiger partial charge in [-0.25, -0.2) is 0 Å². The summed E-state index contributed by atoms with van der Waals surface area (Å²) >= 11 is 0. The van der Waals surface area contributed by atoms with Gasteiger partial charge in [-0.3, -0.25) is 9.59 Å². The van der Waals surface area contributed by atoms with Crippen molar-refractivity contribution in [3.63, 3.8) is 0 Å². The Kier molecular flexibility index (Phi) is 2.64. The van der Waals surface area contributed by atoms with Crippen molar-refractivity contribution in [1.82, 2.24) is 0 Å². The Morgan fingerprint density at radius 3 is 1.45 bits per heavy atom. The highest BCUT2D eigenvalue weighted by atomic mass is 16.5. The van der Waals surface area contributed by atoms with Gasteiger partial charge in [0.15, 0.2) is 11.5 Å². The molecule has 22 heavy (non-hydrogen) atoms. The molecule has 0 atom stereocenters. The van der Waals surface area contributed by atoms with Crippen LogP contribution in [0.25, 0.3) is 32.3 Å². The average molecular weight is 294 g/mol. The van der Waals surface area contributed by atoms with Crippen LogP contribution in [0.5, 0.6) is 11.5 Å². The molecule has 0 saturated carbocycles. The Morgan fingerprint density at radius 2 is 1.05 bits per heavy atom. The molecule has 4 nitrogen and oxygen atoms in total. The van der Waals surface area contributed by atoms with E-state index in [1.54, 1.807) is 12.1 Å². The quantitative estimate of drug-likeness (QED) is 0.543. The lowest BCUT2D eigenvalue weighted by molar-refractivity contribution is 0.295. The lowest BCUT2D eigenvalue weighted by atomic mass is 10.0. The van der Waals surface area contributed by atoms with Crippen LogP contribution < -0.4 is 20.3 Å². The first kappa shape index (κ1) is 13.1. The first-order chi connectivity index (χ1) is 10.7. The number of ether oxygens (including phenoxy) is 2. The molecule has 0 N–H and O–H groups in total. The van der Waals surface area contributed by atoms with Gasteiger partial charge in [-0.2, -0.15) is 0 Å². The zero-order chi connectivity index (χ0) is 15.4. The van der Waals surface area contributed by atoms with E-state index in [4.69, 9.17) is 9.47 Å². The molecule has 0 radical (unpaired) electrons. The van der Waals surface area contributed by atoms with Gasteiger partial charge in [-0.05, 0) is 38.1 Å². The Morgan fingerprint density at radius 1 is 0.682 bits per heavy atom. The molecule has 0 amide bonds. The molecule has 110 valence electrons. The van der Waals surface area contributed by atoms with Crippen molar-refractivity contribution in [2.75, 3.05) is 13.2 Å². The molecule has 0 bridgehead atoms. The van der Waals surface area contributed by atoms with Crippen molar-refractivity contribution in [3.8, 4) is 11.5 Å². The first-order valence-corrected chi connectivity index (χ1v) is 7.38. The zero-order valence-corrected chi connectivity index (χ0v) is 12.4. The summed E-state index contributed by atoms with van der Waals surface area (Å²) < 4.78 is 11.6. The molecule has 4 rings (SSSR count). The van der Waals surface area contributed by atoms with Gasteiger partial charge < -0.3 is 9.47 Å². The maximum atomic E-state index is 12.1. The Balaban J connectivity index is 2.29. The van der Waals surface area contributed by atoms with Crippen LogP contribution >= 0.6 is 0 Å². The summed E-state index contributed by atoms with van der Waals surface area (Å²) in [4.78, 5) is 24.2. The average Bonchev–Trinajstić information content (AvgIpc) is 2.95. The fourth-order valence-electron chi connectivity index (χ4n) is 3.32. The standard InChI is InChI=1S/C18H14O4/c1-3-21-17-11-7-5-9-13-10(16(20)15(9)19)6-8-12(14(11)13)18(17)22-4-2/h5-8H,3-4H2,1-2H3. The van der Waals surface area contributed by atoms with Crippen LogP contribution in [0.15, 0.2) is 33.9 Å². The maximum Gasteiger partial charge on any atom is 0.234 e. The van der Waals surface area contributed by atoms with Crippen LogP contribution in [0.3, 0.4) is 0 Å². The summed E-state index contributed by atoms with van der Waals surface area (Å²) in [7, 11) is 0. The fraction of sp³-hybridized carbons (Fsp3) is 0.222. The molecule has 0 heterocycles. The molecular formula is C18H14O4. The fourth-order valence-corrected chi connectivity index (χ4v) is 3.32. The van der Waals surface area contributed by atoms with E-state index in [0.717, 1.165) is 21.5 Å². The predicted molar refractivity (Wildman–Crippen MR) is 87.4 cm³/mol. The lowest BCUT2D eigenvalue weighted by Crippen LogP contribution is -2.16. The van der Waals surface area contributed by atoms with Crippen LogP contribution in [0.4, 0.5) is 0 Å². The molecule has 4 aromatic rings. The van der Waals surface area contributed by atoms with Gasteiger partial charge in [0.05, 0.1) is 13.2 Å². The third-order valence-electron chi connectivity index (χ3n) is 4.13. The largest absolute Gasteiger partial charge is 0.489 e. The second-order valence-corrected chi connectivity index (χ2v) is 5.25. The van der Waals surface area contributed by atoms with Gasteiger partial charge in [0.1, 0.15) is 0 Å². The smallest absolute Gasteiger partial charge is 0.234 e. The summed E-state index contributed by atoms with van der Waals surface area (Å²) in [6, 6.07) is 7.12. The van der Waals surface area contributed by atoms with E-state index >= 15 is 0 Å². The number of rotatable bonds is 4. The summed E-state index contributed by atoms with van der Waals surface area (Å²) in [5.41, 5.74) is -0.858. The van der Waals surface area contributed by atoms with Crippen molar-refractivity contribution in [2.45, 2.75) is 13.8 Å². The highest BCUT2D eigenvalue weighted by Crippen LogP contribution is 2.48. The molecule has 4 aromatic carbocycles. The molecule has 4 heteroatoms. The second-order valence-electron chi connectivity index (χ2n) is 5.25. The van der Waals surface area contributed by atoms with Crippen molar-refractivity contribution in [3.05, 3.63) is 44.7 Å². The molecule has 0 saturated heterocycles. The van der Waals surface area contributed by atoms with E-state index < -0.39 is 10.9 Å². The van der Waals surface area contributed by atoms with Gasteiger partial charge >= 0.3 is 0 Å². The van der Waals surface area contributed by atoms with E-state index in [0.29, 0.717) is 35.5 Å². The van der Waals surface area contributed by atoms with E-state index in [-0.39, 0.29) is 0 Å². The molecule has 0 fully saturated rings. The molecule has 0 aliphatic rings. The molecule has 0 spiro atoms. The molecule has 0 unspecified atom stereocenters. The first-order valence-electron chi connectivity index (χ1n) is 7.38. The topological polar surface area (TPSA) is 52.6 Å². The van der Waals surface area contributed by atoms with E-state index in [1.165, 1.54) is 0 Å². The molecular weight excluding hydrogens is 280 g/mol. The summed E-state index contributed by atoms with van der Waals surface area (Å²) in [6.45, 7) is 4.88. The van der Waals surface area contributed by atoms with E-state index in [1.807, 2.05) is 26.0 Å². The highest BCUT2D eigenvalue weighted by molar-refractivity contribution is 6.28. The predicted octanol–water partition coefficient (Wildman–Crippen LogP) is 2.98. The lowest BCUT2D eigenvalue weighted by Gasteiger charge is -2.07. The van der Waals surface area contributed by atoms with Crippen molar-refractivity contribution in [2.24, 2.45) is 0 Å². The summed E-state index contributed by atoms with van der Waals surface area (Å²) in [5.74, 6) is 1.38. The van der Waals surface area contributed by atoms with Crippen molar-refractivity contribution in [1.29, 1.82) is 0 Å². The Hall–Kier alpha value is -2.62. The van der Waals surface area contributed by atoms with Crippen LogP contribution in [-0.2, 0) is 0 Å². The van der Waals surface area contributed by atoms with Gasteiger partial charge in [0.2, 0.25) is 10.9 Å². The van der Waals surface area contributed by atoms with E-state index in [2.05, 4.69) is 0 Å². The Bertz CT molecular complexity index is 1000. The minimum atomic E-state index is -0.429. The normalized spacial score (nSPS) is 11.9. The minimum Gasteiger partial charge on any atom is -0.489 e. The van der Waals surface area contributed by atoms with Crippen LogP contribution in [0.2, 0.25) is 0 Å². The van der Waals surface area contributed by atoms with E-state index in [9.17, 15) is 9.59 Å². The Labute approximate surface area is 125 Å². The number of benzene rings is 2. The van der Waals surface area contributed by atoms with Gasteiger partial charge in [-0.1, -0.05) is 0 Å². The summed E-state index contributed by atoms with van der Waals surface area (Å²) in [5, 5.41) is 4.37. The van der Waals surface area contributed by atoms with Gasteiger partial charge in [0.25, 0.3) is 0 Å². The van der Waals surface area contributed by atoms with Crippen molar-refractivity contribution < 1.29 is 9.47 Å². The number of hydrogen-bond acceptors (Lipinski definition) is 4. The summed E-state index contributed by atoms with van der Waals surface area (Å²) in [6.07, 6.45) is 0. The zero-order valence-electron chi connectivity index (χ0n) is 12.4. The third-order valence-corrected chi connectivity index (χ3v) is 4.13. The molecule has 0 aromatic heterocycles. The third kappa shape index (κ3) is 1.42. The monoisotopic (exact) mass is 294 g/mol. The number of hydrogen-bond donors (Lipinski definition) is 0. The van der Waals surface area contributed by atoms with Crippen LogP contribution in [0, 0.1) is 0 Å². The van der Waals surface area contributed by atoms with Gasteiger partial charge in [-0.15, -0.1) is 0 Å². The maximum absolute atomic E-state index is 12.1. The SMILES string of the molecule is CCOc1c(OCC)c2ccc3c(=O)c(=O)c4ccc1c2c43. The minimum absolute atomic E-state index is 0.429. The molecule has 0 aliphatic carbocycles.